The van der Waals surface area contributed by atoms with Crippen molar-refractivity contribution in [2.24, 2.45) is 0 Å². The molecule has 7 heteroatoms. The van der Waals surface area contributed by atoms with Gasteiger partial charge >= 0.3 is 5.97 Å². The van der Waals surface area contributed by atoms with Gasteiger partial charge in [-0.25, -0.2) is 4.79 Å². The molecule has 0 aliphatic carbocycles. The second-order valence-corrected chi connectivity index (χ2v) is 4.82. The standard InChI is InChI=1S/C8H10N2O4S/c1-3(11)9-7-6(8(13)14)10-4(12)2-5(10)15-7/h5-7H,2H2,1H3,(H,9,11)(H,13,14)/t5-,6?,7?/m1/s1. The summed E-state index contributed by atoms with van der Waals surface area (Å²) in [6.07, 6.45) is 0.366. The third-order valence-corrected chi connectivity index (χ3v) is 3.81. The molecule has 2 rings (SSSR count). The number of thioether (sulfide) groups is 1. The van der Waals surface area contributed by atoms with Gasteiger partial charge in [-0.05, 0) is 0 Å². The van der Waals surface area contributed by atoms with Gasteiger partial charge in [0.25, 0.3) is 0 Å². The molecule has 2 amide bonds. The molecule has 3 atom stereocenters. The molecule has 2 aliphatic rings. The molecule has 2 N–H and O–H groups in total. The fraction of sp³-hybridized carbons (Fsp3) is 0.625. The summed E-state index contributed by atoms with van der Waals surface area (Å²) in [4.78, 5) is 34.4. The van der Waals surface area contributed by atoms with Gasteiger partial charge in [0.2, 0.25) is 11.8 Å². The molecule has 2 fully saturated rings. The molecule has 2 saturated heterocycles. The summed E-state index contributed by atoms with van der Waals surface area (Å²) in [5.41, 5.74) is 0. The molecule has 82 valence electrons. The van der Waals surface area contributed by atoms with Gasteiger partial charge in [0, 0.05) is 6.92 Å². The van der Waals surface area contributed by atoms with Crippen molar-refractivity contribution in [1.82, 2.24) is 10.2 Å². The van der Waals surface area contributed by atoms with E-state index in [-0.39, 0.29) is 17.2 Å². The number of β-lactam (4-membered cyclic amide) rings is 1. The minimum Gasteiger partial charge on any atom is -0.480 e. The first-order valence-electron chi connectivity index (χ1n) is 4.47. The van der Waals surface area contributed by atoms with Crippen molar-refractivity contribution >= 4 is 29.5 Å². The van der Waals surface area contributed by atoms with Crippen LogP contribution >= 0.6 is 11.8 Å². The summed E-state index contributed by atoms with van der Waals surface area (Å²) in [7, 11) is 0. The van der Waals surface area contributed by atoms with Crippen LogP contribution in [0.1, 0.15) is 13.3 Å². The van der Waals surface area contributed by atoms with Crippen molar-refractivity contribution < 1.29 is 19.5 Å². The zero-order chi connectivity index (χ0) is 11.2. The average molecular weight is 230 g/mol. The normalized spacial score (nSPS) is 33.3. The molecular formula is C8H10N2O4S. The van der Waals surface area contributed by atoms with Crippen LogP contribution in [0.4, 0.5) is 0 Å². The highest BCUT2D eigenvalue weighted by Crippen LogP contribution is 2.43. The number of hydrogen-bond acceptors (Lipinski definition) is 4. The maximum atomic E-state index is 11.2. The predicted molar refractivity (Wildman–Crippen MR) is 51.9 cm³/mol. The van der Waals surface area contributed by atoms with Gasteiger partial charge in [-0.1, -0.05) is 0 Å². The summed E-state index contributed by atoms with van der Waals surface area (Å²) in [5, 5.41) is 10.9. The number of rotatable bonds is 2. The highest BCUT2D eigenvalue weighted by atomic mass is 32.2. The van der Waals surface area contributed by atoms with Crippen LogP contribution in [-0.2, 0) is 14.4 Å². The van der Waals surface area contributed by atoms with Crippen LogP contribution < -0.4 is 5.32 Å². The Hall–Kier alpha value is -1.24. The summed E-state index contributed by atoms with van der Waals surface area (Å²) < 4.78 is 0. The molecule has 0 radical (unpaired) electrons. The third-order valence-electron chi connectivity index (χ3n) is 2.44. The number of carbonyl (C=O) groups excluding carboxylic acids is 2. The molecule has 0 spiro atoms. The van der Waals surface area contributed by atoms with Crippen LogP contribution in [0.3, 0.4) is 0 Å². The second kappa shape index (κ2) is 3.41. The lowest BCUT2D eigenvalue weighted by Crippen LogP contribution is -2.57. The number of aliphatic carboxylic acids is 1. The van der Waals surface area contributed by atoms with Crippen molar-refractivity contribution in [2.45, 2.75) is 30.1 Å². The largest absolute Gasteiger partial charge is 0.480 e. The third kappa shape index (κ3) is 1.56. The lowest BCUT2D eigenvalue weighted by atomic mass is 10.1. The molecule has 2 unspecified atom stereocenters. The van der Waals surface area contributed by atoms with Crippen LogP contribution in [-0.4, -0.2) is 44.6 Å². The molecule has 0 aromatic rings. The first-order valence-corrected chi connectivity index (χ1v) is 5.41. The molecule has 0 saturated carbocycles. The Balaban J connectivity index is 2.15. The van der Waals surface area contributed by atoms with E-state index in [2.05, 4.69) is 5.32 Å². The first-order chi connectivity index (χ1) is 7.00. The fourth-order valence-electron chi connectivity index (χ4n) is 1.80. The van der Waals surface area contributed by atoms with E-state index in [9.17, 15) is 14.4 Å². The van der Waals surface area contributed by atoms with Crippen LogP contribution in [0.2, 0.25) is 0 Å². The monoisotopic (exact) mass is 230 g/mol. The number of carboxylic acids is 1. The predicted octanol–water partition coefficient (Wildman–Crippen LogP) is -0.793. The maximum absolute atomic E-state index is 11.2. The molecule has 0 aromatic heterocycles. The Labute approximate surface area is 90.0 Å². The molecule has 2 heterocycles. The van der Waals surface area contributed by atoms with Gasteiger partial charge in [-0.15, -0.1) is 11.8 Å². The van der Waals surface area contributed by atoms with E-state index in [0.29, 0.717) is 6.42 Å². The Morgan fingerprint density at radius 3 is 2.73 bits per heavy atom. The zero-order valence-corrected chi connectivity index (χ0v) is 8.78. The van der Waals surface area contributed by atoms with E-state index < -0.39 is 17.4 Å². The van der Waals surface area contributed by atoms with Crippen LogP contribution in [0, 0.1) is 0 Å². The zero-order valence-electron chi connectivity index (χ0n) is 7.97. The average Bonchev–Trinajstić information content (AvgIpc) is 2.37. The second-order valence-electron chi connectivity index (χ2n) is 3.50. The van der Waals surface area contributed by atoms with Crippen LogP contribution in [0.25, 0.3) is 0 Å². The van der Waals surface area contributed by atoms with E-state index in [0.717, 1.165) is 0 Å². The van der Waals surface area contributed by atoms with E-state index >= 15 is 0 Å². The van der Waals surface area contributed by atoms with Gasteiger partial charge in [0.1, 0.15) is 5.37 Å². The van der Waals surface area contributed by atoms with Crippen molar-refractivity contribution in [3.05, 3.63) is 0 Å². The van der Waals surface area contributed by atoms with Crippen LogP contribution in [0.5, 0.6) is 0 Å². The minimum atomic E-state index is -1.07. The summed E-state index contributed by atoms with van der Waals surface area (Å²) in [5.74, 6) is -1.52. The number of amides is 2. The molecule has 0 bridgehead atoms. The number of nitrogens with zero attached hydrogens (tertiary/aromatic N) is 1. The van der Waals surface area contributed by atoms with E-state index in [1.165, 1.54) is 23.6 Å². The number of carbonyl (C=O) groups is 3. The summed E-state index contributed by atoms with van der Waals surface area (Å²) in [6, 6.07) is -0.926. The highest BCUT2D eigenvalue weighted by Gasteiger charge is 2.55. The molecule has 0 aromatic carbocycles. The van der Waals surface area contributed by atoms with Crippen molar-refractivity contribution in [2.75, 3.05) is 0 Å². The highest BCUT2D eigenvalue weighted by molar-refractivity contribution is 8.00. The lowest BCUT2D eigenvalue weighted by Gasteiger charge is -2.35. The Kier molecular flexibility index (Phi) is 2.34. The lowest BCUT2D eigenvalue weighted by molar-refractivity contribution is -0.156. The minimum absolute atomic E-state index is 0.0875. The molecule has 15 heavy (non-hydrogen) atoms. The summed E-state index contributed by atoms with van der Waals surface area (Å²) >= 11 is 1.32. The fourth-order valence-corrected chi connectivity index (χ4v) is 3.39. The number of hydrogen-bond donors (Lipinski definition) is 2. The van der Waals surface area contributed by atoms with E-state index in [1.807, 2.05) is 0 Å². The maximum Gasteiger partial charge on any atom is 0.329 e. The molecular weight excluding hydrogens is 220 g/mol. The van der Waals surface area contributed by atoms with Crippen molar-refractivity contribution in [1.29, 1.82) is 0 Å². The van der Waals surface area contributed by atoms with Gasteiger partial charge in [0.15, 0.2) is 6.04 Å². The smallest absolute Gasteiger partial charge is 0.329 e. The van der Waals surface area contributed by atoms with E-state index in [4.69, 9.17) is 5.11 Å². The number of fused-ring (bicyclic) bond motifs is 1. The molecule has 6 nitrogen and oxygen atoms in total. The SMILES string of the molecule is CC(=O)NC1S[C@@H]2CC(=O)N2C1C(=O)O. The number of nitrogens with one attached hydrogen (secondary N) is 1. The Morgan fingerprint density at radius 2 is 2.27 bits per heavy atom. The quantitative estimate of drug-likeness (QED) is 0.607. The van der Waals surface area contributed by atoms with E-state index in [1.54, 1.807) is 0 Å². The number of carboxylic acid groups (broad SMARTS) is 1. The van der Waals surface area contributed by atoms with Crippen molar-refractivity contribution in [3.63, 3.8) is 0 Å². The van der Waals surface area contributed by atoms with Gasteiger partial charge in [-0.2, -0.15) is 0 Å². The van der Waals surface area contributed by atoms with Gasteiger partial charge < -0.3 is 15.3 Å². The van der Waals surface area contributed by atoms with Crippen LogP contribution in [0.15, 0.2) is 0 Å². The summed E-state index contributed by atoms with van der Waals surface area (Å²) in [6.45, 7) is 1.33. The Morgan fingerprint density at radius 1 is 1.60 bits per heavy atom. The molecule has 2 aliphatic heterocycles. The Bertz CT molecular complexity index is 346. The van der Waals surface area contributed by atoms with Crippen molar-refractivity contribution in [3.8, 4) is 0 Å². The first kappa shape index (κ1) is 10.3. The van der Waals surface area contributed by atoms with Gasteiger partial charge in [0.05, 0.1) is 11.8 Å². The van der Waals surface area contributed by atoms with Gasteiger partial charge in [-0.3, -0.25) is 9.59 Å². The topological polar surface area (TPSA) is 86.7 Å².